The van der Waals surface area contributed by atoms with E-state index in [0.29, 0.717) is 6.04 Å². The molecule has 1 aliphatic heterocycles. The summed E-state index contributed by atoms with van der Waals surface area (Å²) >= 11 is 5.79. The molecule has 0 amide bonds. The average molecular weight is 268 g/mol. The van der Waals surface area contributed by atoms with Gasteiger partial charge in [-0.05, 0) is 31.4 Å². The van der Waals surface area contributed by atoms with Crippen molar-refractivity contribution in [2.75, 3.05) is 12.4 Å². The number of ether oxygens (including phenoxy) is 1. The zero-order valence-electron chi connectivity index (χ0n) is 11.2. The molecular weight excluding hydrogens is 246 g/mol. The fraction of sp³-hybridized carbons (Fsp3) is 0.600. The molecule has 18 heavy (non-hydrogen) atoms. The summed E-state index contributed by atoms with van der Waals surface area (Å²) in [6.45, 7) is 5.22. The summed E-state index contributed by atoms with van der Waals surface area (Å²) in [6, 6.07) is 6.93. The van der Waals surface area contributed by atoms with Gasteiger partial charge in [0.2, 0.25) is 0 Å². The summed E-state index contributed by atoms with van der Waals surface area (Å²) in [5, 5.41) is 3.55. The molecule has 0 bridgehead atoms. The van der Waals surface area contributed by atoms with Crippen LogP contribution in [0.25, 0.3) is 0 Å². The predicted octanol–water partition coefficient (Wildman–Crippen LogP) is 3.30. The number of alkyl halides is 1. The van der Waals surface area contributed by atoms with E-state index >= 15 is 0 Å². The van der Waals surface area contributed by atoms with Crippen molar-refractivity contribution in [1.82, 2.24) is 5.32 Å². The molecule has 1 aromatic carbocycles. The molecule has 1 heterocycles. The second-order valence-electron chi connectivity index (χ2n) is 5.05. The number of hydrogen-bond donors (Lipinski definition) is 1. The van der Waals surface area contributed by atoms with Gasteiger partial charge in [-0.2, -0.15) is 0 Å². The van der Waals surface area contributed by atoms with Gasteiger partial charge in [-0.15, -0.1) is 11.6 Å². The quantitative estimate of drug-likeness (QED) is 0.799. The van der Waals surface area contributed by atoms with Gasteiger partial charge in [0.25, 0.3) is 0 Å². The number of fused-ring (bicyclic) bond motifs is 1. The molecule has 1 aliphatic rings. The Morgan fingerprint density at radius 2 is 2.33 bits per heavy atom. The first-order valence-corrected chi connectivity index (χ1v) is 7.32. The summed E-state index contributed by atoms with van der Waals surface area (Å²) in [5.74, 6) is 1.77. The maximum atomic E-state index is 5.94. The number of halogens is 1. The highest BCUT2D eigenvalue weighted by molar-refractivity contribution is 6.17. The second-order valence-corrected chi connectivity index (χ2v) is 5.42. The Labute approximate surface area is 115 Å². The number of benzene rings is 1. The van der Waals surface area contributed by atoms with Gasteiger partial charge >= 0.3 is 0 Å². The van der Waals surface area contributed by atoms with Gasteiger partial charge < -0.3 is 10.1 Å². The normalized spacial score (nSPS) is 19.4. The molecule has 100 valence electrons. The first kappa shape index (κ1) is 13.7. The standard InChI is InChI=1S/C15H22ClNO/c1-3-13(6-7-16)17-10-14-9-12-8-11(2)4-5-15(12)18-14/h4-5,8,13-14,17H,3,6-7,9-10H2,1-2H3. The van der Waals surface area contributed by atoms with Crippen molar-refractivity contribution in [2.24, 2.45) is 0 Å². The highest BCUT2D eigenvalue weighted by Gasteiger charge is 2.23. The van der Waals surface area contributed by atoms with Gasteiger partial charge in [-0.1, -0.05) is 24.6 Å². The van der Waals surface area contributed by atoms with E-state index in [1.54, 1.807) is 0 Å². The van der Waals surface area contributed by atoms with Crippen LogP contribution in [0.15, 0.2) is 18.2 Å². The minimum Gasteiger partial charge on any atom is -0.488 e. The smallest absolute Gasteiger partial charge is 0.123 e. The third-order valence-electron chi connectivity index (χ3n) is 3.54. The lowest BCUT2D eigenvalue weighted by Crippen LogP contribution is -2.37. The maximum Gasteiger partial charge on any atom is 0.123 e. The van der Waals surface area contributed by atoms with E-state index in [1.807, 2.05) is 0 Å². The second kappa shape index (κ2) is 6.44. The highest BCUT2D eigenvalue weighted by atomic mass is 35.5. The third-order valence-corrected chi connectivity index (χ3v) is 3.76. The summed E-state index contributed by atoms with van der Waals surface area (Å²) in [6.07, 6.45) is 3.43. The summed E-state index contributed by atoms with van der Waals surface area (Å²) < 4.78 is 5.94. The van der Waals surface area contributed by atoms with E-state index in [1.165, 1.54) is 11.1 Å². The van der Waals surface area contributed by atoms with Crippen LogP contribution in [0.3, 0.4) is 0 Å². The summed E-state index contributed by atoms with van der Waals surface area (Å²) in [5.41, 5.74) is 2.65. The molecule has 1 aromatic rings. The zero-order valence-corrected chi connectivity index (χ0v) is 12.0. The van der Waals surface area contributed by atoms with E-state index in [4.69, 9.17) is 16.3 Å². The molecule has 0 aliphatic carbocycles. The highest BCUT2D eigenvalue weighted by Crippen LogP contribution is 2.29. The van der Waals surface area contributed by atoms with Crippen LogP contribution in [-0.2, 0) is 6.42 Å². The number of hydrogen-bond acceptors (Lipinski definition) is 2. The third kappa shape index (κ3) is 3.39. The molecule has 3 heteroatoms. The Morgan fingerprint density at radius 3 is 3.06 bits per heavy atom. The lowest BCUT2D eigenvalue weighted by atomic mass is 10.1. The summed E-state index contributed by atoms with van der Waals surface area (Å²) in [4.78, 5) is 0. The molecule has 2 rings (SSSR count). The van der Waals surface area contributed by atoms with Crippen LogP contribution in [0.5, 0.6) is 5.75 Å². The molecule has 1 N–H and O–H groups in total. The molecule has 0 saturated carbocycles. The van der Waals surface area contributed by atoms with Crippen LogP contribution in [0.1, 0.15) is 30.9 Å². The van der Waals surface area contributed by atoms with E-state index in [0.717, 1.165) is 37.4 Å². The Kier molecular flexibility index (Phi) is 4.90. The molecular formula is C15H22ClNO. The first-order valence-electron chi connectivity index (χ1n) is 6.78. The maximum absolute atomic E-state index is 5.94. The first-order chi connectivity index (χ1) is 8.72. The fourth-order valence-electron chi connectivity index (χ4n) is 2.44. The minimum atomic E-state index is 0.270. The Balaban J connectivity index is 1.84. The molecule has 2 atom stereocenters. The lowest BCUT2D eigenvalue weighted by Gasteiger charge is -2.18. The monoisotopic (exact) mass is 267 g/mol. The van der Waals surface area contributed by atoms with Crippen molar-refractivity contribution in [3.63, 3.8) is 0 Å². The number of nitrogens with one attached hydrogen (secondary N) is 1. The van der Waals surface area contributed by atoms with Gasteiger partial charge in [0.15, 0.2) is 0 Å². The van der Waals surface area contributed by atoms with Crippen molar-refractivity contribution < 1.29 is 4.74 Å². The van der Waals surface area contributed by atoms with Crippen molar-refractivity contribution in [2.45, 2.75) is 45.3 Å². The van der Waals surface area contributed by atoms with Crippen LogP contribution in [0.4, 0.5) is 0 Å². The zero-order chi connectivity index (χ0) is 13.0. The fourth-order valence-corrected chi connectivity index (χ4v) is 2.71. The van der Waals surface area contributed by atoms with E-state index in [-0.39, 0.29) is 6.10 Å². The molecule has 0 saturated heterocycles. The van der Waals surface area contributed by atoms with Crippen LogP contribution in [-0.4, -0.2) is 24.6 Å². The minimum absolute atomic E-state index is 0.270. The molecule has 0 radical (unpaired) electrons. The molecule has 2 unspecified atom stereocenters. The largest absolute Gasteiger partial charge is 0.488 e. The SMILES string of the molecule is CCC(CCCl)NCC1Cc2cc(C)ccc2O1. The van der Waals surface area contributed by atoms with Crippen molar-refractivity contribution in [3.05, 3.63) is 29.3 Å². The van der Waals surface area contributed by atoms with Crippen LogP contribution in [0.2, 0.25) is 0 Å². The molecule has 0 spiro atoms. The van der Waals surface area contributed by atoms with E-state index < -0.39 is 0 Å². The van der Waals surface area contributed by atoms with E-state index in [2.05, 4.69) is 37.4 Å². The van der Waals surface area contributed by atoms with Crippen molar-refractivity contribution >= 4 is 11.6 Å². The van der Waals surface area contributed by atoms with Crippen LogP contribution in [0, 0.1) is 6.92 Å². The molecule has 0 fully saturated rings. The average Bonchev–Trinajstić information content (AvgIpc) is 2.76. The van der Waals surface area contributed by atoms with E-state index in [9.17, 15) is 0 Å². The summed E-state index contributed by atoms with van der Waals surface area (Å²) in [7, 11) is 0. The Bertz CT molecular complexity index is 394. The molecule has 2 nitrogen and oxygen atoms in total. The lowest BCUT2D eigenvalue weighted by molar-refractivity contribution is 0.220. The van der Waals surface area contributed by atoms with Crippen molar-refractivity contribution in [1.29, 1.82) is 0 Å². The number of aryl methyl sites for hydroxylation is 1. The number of rotatable bonds is 6. The van der Waals surface area contributed by atoms with Gasteiger partial charge in [-0.25, -0.2) is 0 Å². The topological polar surface area (TPSA) is 21.3 Å². The Morgan fingerprint density at radius 1 is 1.50 bits per heavy atom. The molecule has 0 aromatic heterocycles. The van der Waals surface area contributed by atoms with Crippen LogP contribution >= 0.6 is 11.6 Å². The van der Waals surface area contributed by atoms with Crippen molar-refractivity contribution in [3.8, 4) is 5.75 Å². The van der Waals surface area contributed by atoms with Gasteiger partial charge in [0.05, 0.1) is 0 Å². The van der Waals surface area contributed by atoms with Gasteiger partial charge in [-0.3, -0.25) is 0 Å². The van der Waals surface area contributed by atoms with Gasteiger partial charge in [0, 0.05) is 24.9 Å². The Hall–Kier alpha value is -0.730. The predicted molar refractivity (Wildman–Crippen MR) is 76.7 cm³/mol. The van der Waals surface area contributed by atoms with Crippen LogP contribution < -0.4 is 10.1 Å². The van der Waals surface area contributed by atoms with Gasteiger partial charge in [0.1, 0.15) is 11.9 Å².